The van der Waals surface area contributed by atoms with Gasteiger partial charge in [0.2, 0.25) is 0 Å². The molecule has 3 atom stereocenters. The highest BCUT2D eigenvalue weighted by atomic mass is 16.5. The van der Waals surface area contributed by atoms with Gasteiger partial charge in [0.1, 0.15) is 11.9 Å². The maximum Gasteiger partial charge on any atom is 0.120 e. The van der Waals surface area contributed by atoms with Crippen LogP contribution in [0.3, 0.4) is 0 Å². The van der Waals surface area contributed by atoms with Crippen molar-refractivity contribution in [1.82, 2.24) is 0 Å². The van der Waals surface area contributed by atoms with E-state index in [1.54, 1.807) is 0 Å². The fraction of sp³-hybridized carbons (Fsp3) is 0.421. The van der Waals surface area contributed by atoms with Crippen molar-refractivity contribution in [3.8, 4) is 11.8 Å². The van der Waals surface area contributed by atoms with E-state index in [1.807, 2.05) is 18.2 Å². The van der Waals surface area contributed by atoms with Gasteiger partial charge in [-0.1, -0.05) is 43.7 Å². The minimum atomic E-state index is 0.0271. The first-order valence-electron chi connectivity index (χ1n) is 7.85. The number of fused-ring (bicyclic) bond motifs is 1. The zero-order valence-electron chi connectivity index (χ0n) is 12.5. The van der Waals surface area contributed by atoms with E-state index in [0.717, 1.165) is 25.0 Å². The highest BCUT2D eigenvalue weighted by Crippen LogP contribution is 2.34. The summed E-state index contributed by atoms with van der Waals surface area (Å²) >= 11 is 0. The van der Waals surface area contributed by atoms with Crippen molar-refractivity contribution in [2.24, 2.45) is 11.8 Å². The molecule has 108 valence electrons. The Labute approximate surface area is 126 Å². The minimum absolute atomic E-state index is 0.0271. The molecule has 0 radical (unpaired) electrons. The fourth-order valence-corrected chi connectivity index (χ4v) is 3.28. The van der Waals surface area contributed by atoms with Crippen LogP contribution < -0.4 is 4.74 Å². The predicted octanol–water partition coefficient (Wildman–Crippen LogP) is 4.94. The summed E-state index contributed by atoms with van der Waals surface area (Å²) in [6, 6.07) is 16.9. The second kappa shape index (κ2) is 6.18. The van der Waals surface area contributed by atoms with Crippen LogP contribution in [0.5, 0.6) is 5.75 Å². The van der Waals surface area contributed by atoms with Gasteiger partial charge in [-0.05, 0) is 48.1 Å². The monoisotopic (exact) mass is 279 g/mol. The van der Waals surface area contributed by atoms with E-state index in [4.69, 9.17) is 4.74 Å². The summed E-state index contributed by atoms with van der Waals surface area (Å²) in [5.74, 6) is 1.61. The molecule has 0 aromatic heterocycles. The average Bonchev–Trinajstić information content (AvgIpc) is 2.54. The Kier molecular flexibility index (Phi) is 4.10. The molecule has 1 fully saturated rings. The van der Waals surface area contributed by atoms with Crippen molar-refractivity contribution in [1.29, 1.82) is 5.26 Å². The molecule has 0 bridgehead atoms. The minimum Gasteiger partial charge on any atom is -0.489 e. The summed E-state index contributed by atoms with van der Waals surface area (Å²) in [6.07, 6.45) is 4.34. The Morgan fingerprint density at radius 2 is 1.95 bits per heavy atom. The number of rotatable bonds is 3. The van der Waals surface area contributed by atoms with Crippen LogP contribution in [0.2, 0.25) is 0 Å². The molecule has 0 N–H and O–H groups in total. The third kappa shape index (κ3) is 3.03. The number of hydrogen-bond donors (Lipinski definition) is 0. The van der Waals surface area contributed by atoms with Crippen molar-refractivity contribution < 1.29 is 4.74 Å². The Hall–Kier alpha value is -2.01. The first-order chi connectivity index (χ1) is 10.3. The summed E-state index contributed by atoms with van der Waals surface area (Å²) in [7, 11) is 0. The first kappa shape index (κ1) is 13.9. The molecule has 0 saturated heterocycles. The van der Waals surface area contributed by atoms with Crippen molar-refractivity contribution in [3.63, 3.8) is 0 Å². The zero-order chi connectivity index (χ0) is 14.7. The van der Waals surface area contributed by atoms with Gasteiger partial charge in [0.25, 0.3) is 0 Å². The van der Waals surface area contributed by atoms with Gasteiger partial charge in [0.15, 0.2) is 0 Å². The molecular formula is C19H21NO. The lowest BCUT2D eigenvalue weighted by atomic mass is 9.79. The van der Waals surface area contributed by atoms with Gasteiger partial charge >= 0.3 is 0 Å². The van der Waals surface area contributed by atoms with Crippen LogP contribution >= 0.6 is 0 Å². The SMILES string of the molecule is CCC1CCC(C#N)C(Oc2ccc3ccccc3c2)C1. The summed E-state index contributed by atoms with van der Waals surface area (Å²) in [5.41, 5.74) is 0. The molecule has 2 heteroatoms. The maximum atomic E-state index is 9.34. The summed E-state index contributed by atoms with van der Waals surface area (Å²) in [4.78, 5) is 0. The summed E-state index contributed by atoms with van der Waals surface area (Å²) in [5, 5.41) is 11.7. The number of hydrogen-bond acceptors (Lipinski definition) is 2. The molecule has 2 aromatic carbocycles. The molecule has 1 aliphatic rings. The Balaban J connectivity index is 1.80. The lowest BCUT2D eigenvalue weighted by molar-refractivity contribution is 0.0894. The Morgan fingerprint density at radius 1 is 1.14 bits per heavy atom. The molecular weight excluding hydrogens is 258 g/mol. The Bertz CT molecular complexity index is 658. The van der Waals surface area contributed by atoms with Crippen LogP contribution in [0, 0.1) is 23.2 Å². The van der Waals surface area contributed by atoms with Crippen LogP contribution in [-0.4, -0.2) is 6.10 Å². The molecule has 0 aliphatic heterocycles. The fourth-order valence-electron chi connectivity index (χ4n) is 3.28. The standard InChI is InChI=1S/C19H21NO/c1-2-14-7-8-17(13-20)19(11-14)21-18-10-9-15-5-3-4-6-16(15)12-18/h3-6,9-10,12,14,17,19H,2,7-8,11H2,1H3. The van der Waals surface area contributed by atoms with Crippen molar-refractivity contribution in [2.45, 2.75) is 38.7 Å². The topological polar surface area (TPSA) is 33.0 Å². The number of ether oxygens (including phenoxy) is 1. The van der Waals surface area contributed by atoms with E-state index in [2.05, 4.69) is 37.3 Å². The van der Waals surface area contributed by atoms with E-state index in [1.165, 1.54) is 17.2 Å². The van der Waals surface area contributed by atoms with E-state index in [9.17, 15) is 5.26 Å². The van der Waals surface area contributed by atoms with Gasteiger partial charge in [-0.25, -0.2) is 0 Å². The van der Waals surface area contributed by atoms with Crippen molar-refractivity contribution in [2.75, 3.05) is 0 Å². The molecule has 21 heavy (non-hydrogen) atoms. The molecule has 2 aromatic rings. The number of nitrogens with zero attached hydrogens (tertiary/aromatic N) is 1. The molecule has 1 aliphatic carbocycles. The van der Waals surface area contributed by atoms with Gasteiger partial charge in [-0.3, -0.25) is 0 Å². The summed E-state index contributed by atoms with van der Waals surface area (Å²) < 4.78 is 6.18. The van der Waals surface area contributed by atoms with Crippen molar-refractivity contribution in [3.05, 3.63) is 42.5 Å². The average molecular weight is 279 g/mol. The van der Waals surface area contributed by atoms with Crippen LogP contribution in [0.15, 0.2) is 42.5 Å². The highest BCUT2D eigenvalue weighted by molar-refractivity contribution is 5.83. The zero-order valence-corrected chi connectivity index (χ0v) is 12.5. The molecule has 0 heterocycles. The Morgan fingerprint density at radius 3 is 2.71 bits per heavy atom. The molecule has 3 unspecified atom stereocenters. The molecule has 0 amide bonds. The van der Waals surface area contributed by atoms with Crippen molar-refractivity contribution >= 4 is 10.8 Å². The second-order valence-electron chi connectivity index (χ2n) is 5.99. The maximum absolute atomic E-state index is 9.34. The molecule has 3 rings (SSSR count). The third-order valence-corrected chi connectivity index (χ3v) is 4.65. The third-order valence-electron chi connectivity index (χ3n) is 4.65. The van der Waals surface area contributed by atoms with Crippen LogP contribution in [-0.2, 0) is 0 Å². The largest absolute Gasteiger partial charge is 0.489 e. The normalized spacial score (nSPS) is 25.4. The number of benzene rings is 2. The van der Waals surface area contributed by atoms with E-state index in [0.29, 0.717) is 5.92 Å². The number of nitriles is 1. The quantitative estimate of drug-likeness (QED) is 0.797. The van der Waals surface area contributed by atoms with E-state index < -0.39 is 0 Å². The molecule has 0 spiro atoms. The van der Waals surface area contributed by atoms with Gasteiger partial charge in [0, 0.05) is 0 Å². The molecule has 2 nitrogen and oxygen atoms in total. The second-order valence-corrected chi connectivity index (χ2v) is 5.99. The van der Waals surface area contributed by atoms with Gasteiger partial charge in [-0.15, -0.1) is 0 Å². The van der Waals surface area contributed by atoms with Crippen LogP contribution in [0.4, 0.5) is 0 Å². The highest BCUT2D eigenvalue weighted by Gasteiger charge is 2.31. The van der Waals surface area contributed by atoms with Gasteiger partial charge in [0.05, 0.1) is 12.0 Å². The van der Waals surface area contributed by atoms with Gasteiger partial charge in [-0.2, -0.15) is 5.26 Å². The van der Waals surface area contributed by atoms with Crippen LogP contribution in [0.25, 0.3) is 10.8 Å². The van der Waals surface area contributed by atoms with Crippen LogP contribution in [0.1, 0.15) is 32.6 Å². The van der Waals surface area contributed by atoms with E-state index in [-0.39, 0.29) is 12.0 Å². The lowest BCUT2D eigenvalue weighted by Gasteiger charge is -2.32. The predicted molar refractivity (Wildman–Crippen MR) is 85.1 cm³/mol. The van der Waals surface area contributed by atoms with E-state index >= 15 is 0 Å². The van der Waals surface area contributed by atoms with Gasteiger partial charge < -0.3 is 4.74 Å². The summed E-state index contributed by atoms with van der Waals surface area (Å²) in [6.45, 7) is 2.23. The smallest absolute Gasteiger partial charge is 0.120 e. The molecule has 1 saturated carbocycles. The lowest BCUT2D eigenvalue weighted by Crippen LogP contribution is -2.33. The first-order valence-corrected chi connectivity index (χ1v) is 7.85.